The lowest BCUT2D eigenvalue weighted by Crippen LogP contribution is -2.37. The van der Waals surface area contributed by atoms with E-state index in [1.807, 2.05) is 0 Å². The molecule has 0 aliphatic heterocycles. The minimum atomic E-state index is 0.413. The van der Waals surface area contributed by atoms with Gasteiger partial charge in [0.2, 0.25) is 0 Å². The van der Waals surface area contributed by atoms with E-state index in [0.717, 1.165) is 5.92 Å². The van der Waals surface area contributed by atoms with Crippen molar-refractivity contribution in [2.75, 3.05) is 19.6 Å². The van der Waals surface area contributed by atoms with Crippen molar-refractivity contribution in [1.82, 2.24) is 4.90 Å². The molecule has 0 aliphatic carbocycles. The van der Waals surface area contributed by atoms with Crippen molar-refractivity contribution in [3.05, 3.63) is 0 Å². The Morgan fingerprint density at radius 3 is 1.56 bits per heavy atom. The second-order valence-corrected chi connectivity index (χ2v) is 7.31. The third-order valence-corrected chi connectivity index (χ3v) is 3.46. The lowest BCUT2D eigenvalue weighted by atomic mass is 9.72. The van der Waals surface area contributed by atoms with Gasteiger partial charge in [0.25, 0.3) is 0 Å². The van der Waals surface area contributed by atoms with Crippen LogP contribution in [0.4, 0.5) is 0 Å². The van der Waals surface area contributed by atoms with Crippen molar-refractivity contribution < 1.29 is 0 Å². The molecular formula is C15H33N. The van der Waals surface area contributed by atoms with Crippen LogP contribution in [0, 0.1) is 16.7 Å². The molecule has 0 aromatic carbocycles. The first-order valence-corrected chi connectivity index (χ1v) is 6.82. The first-order chi connectivity index (χ1) is 7.10. The van der Waals surface area contributed by atoms with E-state index in [2.05, 4.69) is 60.3 Å². The minimum Gasteiger partial charge on any atom is -0.304 e. The van der Waals surface area contributed by atoms with Crippen LogP contribution in [0.2, 0.25) is 0 Å². The molecule has 0 aromatic heterocycles. The maximum atomic E-state index is 2.56. The van der Waals surface area contributed by atoms with E-state index >= 15 is 0 Å². The smallest absolute Gasteiger partial charge is 0.00146 e. The summed E-state index contributed by atoms with van der Waals surface area (Å²) in [6.45, 7) is 22.3. The zero-order chi connectivity index (χ0) is 13.0. The van der Waals surface area contributed by atoms with Crippen LogP contribution in [0.15, 0.2) is 0 Å². The summed E-state index contributed by atoms with van der Waals surface area (Å²) in [5, 5.41) is 0. The first kappa shape index (κ1) is 16.0. The highest BCUT2D eigenvalue weighted by Gasteiger charge is 2.29. The largest absolute Gasteiger partial charge is 0.304 e. The van der Waals surface area contributed by atoms with E-state index in [1.54, 1.807) is 0 Å². The quantitative estimate of drug-likeness (QED) is 0.672. The van der Waals surface area contributed by atoms with E-state index in [-0.39, 0.29) is 0 Å². The van der Waals surface area contributed by atoms with Crippen LogP contribution in [-0.4, -0.2) is 24.5 Å². The second-order valence-electron chi connectivity index (χ2n) is 7.31. The fraction of sp³-hybridized carbons (Fsp3) is 1.00. The van der Waals surface area contributed by atoms with Gasteiger partial charge in [-0.2, -0.15) is 0 Å². The summed E-state index contributed by atoms with van der Waals surface area (Å²) in [4.78, 5) is 2.56. The van der Waals surface area contributed by atoms with E-state index in [1.165, 1.54) is 26.1 Å². The Morgan fingerprint density at radius 2 is 1.31 bits per heavy atom. The molecule has 0 saturated heterocycles. The topological polar surface area (TPSA) is 3.24 Å². The van der Waals surface area contributed by atoms with Gasteiger partial charge in [-0.1, -0.05) is 55.4 Å². The van der Waals surface area contributed by atoms with Gasteiger partial charge >= 0.3 is 0 Å². The Hall–Kier alpha value is -0.0400. The molecule has 0 bridgehead atoms. The van der Waals surface area contributed by atoms with Crippen LogP contribution in [0.5, 0.6) is 0 Å². The lowest BCUT2D eigenvalue weighted by molar-refractivity contribution is 0.113. The Labute approximate surface area is 104 Å². The van der Waals surface area contributed by atoms with Gasteiger partial charge in [0, 0.05) is 6.54 Å². The van der Waals surface area contributed by atoms with Crippen LogP contribution in [-0.2, 0) is 0 Å². The van der Waals surface area contributed by atoms with Crippen molar-refractivity contribution in [1.29, 1.82) is 0 Å². The van der Waals surface area contributed by atoms with Crippen LogP contribution < -0.4 is 0 Å². The van der Waals surface area contributed by atoms with Gasteiger partial charge in [0.1, 0.15) is 0 Å². The molecule has 0 N–H and O–H groups in total. The predicted molar refractivity (Wildman–Crippen MR) is 74.8 cm³/mol. The zero-order valence-electron chi connectivity index (χ0n) is 12.9. The van der Waals surface area contributed by atoms with E-state index in [0.29, 0.717) is 10.8 Å². The first-order valence-electron chi connectivity index (χ1n) is 6.82. The molecule has 0 heterocycles. The molecule has 1 nitrogen and oxygen atoms in total. The number of nitrogens with zero attached hydrogens (tertiary/aromatic N) is 1. The van der Waals surface area contributed by atoms with Crippen LogP contribution >= 0.6 is 0 Å². The van der Waals surface area contributed by atoms with Gasteiger partial charge in [0.15, 0.2) is 0 Å². The lowest BCUT2D eigenvalue weighted by Gasteiger charge is -2.38. The molecule has 0 aliphatic rings. The molecule has 0 amide bonds. The molecule has 1 unspecified atom stereocenters. The average Bonchev–Trinajstić information content (AvgIpc) is 2.08. The predicted octanol–water partition coefficient (Wildman–Crippen LogP) is 4.43. The van der Waals surface area contributed by atoms with Gasteiger partial charge in [-0.25, -0.2) is 0 Å². The molecule has 1 atom stereocenters. The normalized spacial score (nSPS) is 15.6. The number of hydrogen-bond acceptors (Lipinski definition) is 1. The van der Waals surface area contributed by atoms with Gasteiger partial charge in [0.05, 0.1) is 0 Å². The molecule has 0 spiro atoms. The molecular weight excluding hydrogens is 194 g/mol. The monoisotopic (exact) mass is 227 g/mol. The standard InChI is InChI=1S/C15H33N/c1-9-16(10-2)12-13(15(6,7)8)11-14(3,4)5/h13H,9-12H2,1-8H3. The molecule has 0 fully saturated rings. The summed E-state index contributed by atoms with van der Waals surface area (Å²) in [6.07, 6.45) is 1.31. The highest BCUT2D eigenvalue weighted by molar-refractivity contribution is 4.81. The van der Waals surface area contributed by atoms with Crippen molar-refractivity contribution in [2.24, 2.45) is 16.7 Å². The van der Waals surface area contributed by atoms with Crippen LogP contribution in [0.1, 0.15) is 61.8 Å². The van der Waals surface area contributed by atoms with E-state index < -0.39 is 0 Å². The molecule has 0 rings (SSSR count). The SMILES string of the molecule is CCN(CC)CC(CC(C)(C)C)C(C)(C)C. The van der Waals surface area contributed by atoms with E-state index in [9.17, 15) is 0 Å². The number of hydrogen-bond donors (Lipinski definition) is 0. The minimum absolute atomic E-state index is 0.413. The average molecular weight is 227 g/mol. The Balaban J connectivity index is 4.57. The Morgan fingerprint density at radius 1 is 0.875 bits per heavy atom. The van der Waals surface area contributed by atoms with Crippen molar-refractivity contribution >= 4 is 0 Å². The van der Waals surface area contributed by atoms with Gasteiger partial charge < -0.3 is 4.90 Å². The molecule has 16 heavy (non-hydrogen) atoms. The Kier molecular flexibility index (Phi) is 6.03. The summed E-state index contributed by atoms with van der Waals surface area (Å²) in [7, 11) is 0. The van der Waals surface area contributed by atoms with Gasteiger partial charge in [-0.05, 0) is 36.3 Å². The fourth-order valence-corrected chi connectivity index (χ4v) is 2.18. The van der Waals surface area contributed by atoms with Gasteiger partial charge in [-0.15, -0.1) is 0 Å². The van der Waals surface area contributed by atoms with Crippen LogP contribution in [0.25, 0.3) is 0 Å². The maximum absolute atomic E-state index is 2.56. The fourth-order valence-electron chi connectivity index (χ4n) is 2.18. The van der Waals surface area contributed by atoms with Gasteiger partial charge in [-0.3, -0.25) is 0 Å². The summed E-state index contributed by atoms with van der Waals surface area (Å²) in [6, 6.07) is 0. The maximum Gasteiger partial charge on any atom is 0.00146 e. The molecule has 98 valence electrons. The van der Waals surface area contributed by atoms with Crippen molar-refractivity contribution in [3.63, 3.8) is 0 Å². The summed E-state index contributed by atoms with van der Waals surface area (Å²) in [5.74, 6) is 0.785. The highest BCUT2D eigenvalue weighted by atomic mass is 15.1. The summed E-state index contributed by atoms with van der Waals surface area (Å²) in [5.41, 5.74) is 0.848. The third-order valence-electron chi connectivity index (χ3n) is 3.46. The summed E-state index contributed by atoms with van der Waals surface area (Å²) < 4.78 is 0. The number of rotatable bonds is 5. The molecule has 0 saturated carbocycles. The molecule has 1 heteroatoms. The Bertz CT molecular complexity index is 179. The highest BCUT2D eigenvalue weighted by Crippen LogP contribution is 2.36. The van der Waals surface area contributed by atoms with Crippen molar-refractivity contribution in [2.45, 2.75) is 61.8 Å². The van der Waals surface area contributed by atoms with E-state index in [4.69, 9.17) is 0 Å². The third kappa shape index (κ3) is 6.52. The molecule has 0 aromatic rings. The zero-order valence-corrected chi connectivity index (χ0v) is 12.9. The van der Waals surface area contributed by atoms with Crippen LogP contribution in [0.3, 0.4) is 0 Å². The second kappa shape index (κ2) is 6.05. The summed E-state index contributed by atoms with van der Waals surface area (Å²) >= 11 is 0. The molecule has 0 radical (unpaired) electrons. The van der Waals surface area contributed by atoms with Crippen molar-refractivity contribution in [3.8, 4) is 0 Å².